The zero-order valence-corrected chi connectivity index (χ0v) is 28.7. The minimum Gasteiger partial charge on any atom is -0.504 e. The SMILES string of the molecule is CN=C(N)Nc1cc(CCC=CC(=O)CCc2ccc(O)c(OC)c2)cc(OC2(CNC)CCC(CC(O)OC3CCCCC3)C2)c1O. The van der Waals surface area contributed by atoms with Crippen LogP contribution in [0.25, 0.3) is 0 Å². The number of likely N-dealkylation sites (N-methyl/N-ethyl adjacent to an activating group) is 1. The smallest absolute Gasteiger partial charge is 0.192 e. The number of rotatable bonds is 17. The molecule has 48 heavy (non-hydrogen) atoms. The van der Waals surface area contributed by atoms with Crippen LogP contribution in [0.3, 0.4) is 0 Å². The first-order valence-electron chi connectivity index (χ1n) is 17.2. The number of methoxy groups -OCH3 is 1. The van der Waals surface area contributed by atoms with E-state index in [1.54, 1.807) is 31.3 Å². The number of carbonyl (C=O) groups is 1. The maximum atomic E-state index is 12.6. The number of nitrogens with zero attached hydrogens (tertiary/aromatic N) is 1. The summed E-state index contributed by atoms with van der Waals surface area (Å²) in [5.74, 6) is 1.13. The van der Waals surface area contributed by atoms with Crippen molar-refractivity contribution in [3.05, 3.63) is 53.6 Å². The van der Waals surface area contributed by atoms with Gasteiger partial charge in [0.15, 0.2) is 41.0 Å². The van der Waals surface area contributed by atoms with Crippen LogP contribution in [0.15, 0.2) is 47.5 Å². The number of nitrogens with two attached hydrogens (primary N) is 1. The van der Waals surface area contributed by atoms with Gasteiger partial charge >= 0.3 is 0 Å². The molecule has 2 fully saturated rings. The third kappa shape index (κ3) is 10.9. The predicted octanol–water partition coefficient (Wildman–Crippen LogP) is 5.35. The molecule has 0 bridgehead atoms. The molecule has 2 aromatic carbocycles. The number of phenolic OH excluding ortho intramolecular Hbond substituents is 2. The maximum absolute atomic E-state index is 12.6. The van der Waals surface area contributed by atoms with E-state index in [1.165, 1.54) is 13.5 Å². The summed E-state index contributed by atoms with van der Waals surface area (Å²) >= 11 is 0. The van der Waals surface area contributed by atoms with Crippen LogP contribution < -0.4 is 25.8 Å². The van der Waals surface area contributed by atoms with Crippen LogP contribution in [0.4, 0.5) is 5.69 Å². The number of aryl methyl sites for hydroxylation is 2. The van der Waals surface area contributed by atoms with Gasteiger partial charge in [-0.15, -0.1) is 0 Å². The van der Waals surface area contributed by atoms with Crippen LogP contribution >= 0.6 is 0 Å². The molecule has 0 saturated heterocycles. The number of hydrogen-bond donors (Lipinski definition) is 6. The number of aliphatic imine (C=N–C) groups is 1. The van der Waals surface area contributed by atoms with Gasteiger partial charge in [0.05, 0.1) is 18.9 Å². The highest BCUT2D eigenvalue weighted by atomic mass is 16.6. The van der Waals surface area contributed by atoms with E-state index >= 15 is 0 Å². The number of phenols is 2. The van der Waals surface area contributed by atoms with Gasteiger partial charge in [0.1, 0.15) is 5.60 Å². The van der Waals surface area contributed by atoms with Gasteiger partial charge in [0, 0.05) is 26.4 Å². The van der Waals surface area contributed by atoms with Crippen molar-refractivity contribution >= 4 is 17.4 Å². The van der Waals surface area contributed by atoms with Gasteiger partial charge in [0.25, 0.3) is 0 Å². The number of nitrogens with one attached hydrogen (secondary N) is 2. The molecule has 0 amide bonds. The minimum atomic E-state index is -0.788. The van der Waals surface area contributed by atoms with Crippen molar-refractivity contribution in [2.45, 2.75) is 101 Å². The number of guanidine groups is 1. The van der Waals surface area contributed by atoms with E-state index in [0.717, 1.165) is 49.7 Å². The lowest BCUT2D eigenvalue weighted by Crippen LogP contribution is -2.43. The topological polar surface area (TPSA) is 168 Å². The summed E-state index contributed by atoms with van der Waals surface area (Å²) in [4.78, 5) is 16.5. The van der Waals surface area contributed by atoms with Crippen LogP contribution in [0, 0.1) is 5.92 Å². The molecule has 0 aliphatic heterocycles. The molecule has 0 aromatic heterocycles. The molecule has 2 saturated carbocycles. The van der Waals surface area contributed by atoms with E-state index in [4.69, 9.17) is 19.9 Å². The average molecular weight is 667 g/mol. The molecule has 2 aliphatic rings. The van der Waals surface area contributed by atoms with Gasteiger partial charge in [-0.1, -0.05) is 31.4 Å². The number of aliphatic hydroxyl groups excluding tert-OH is 1. The zero-order valence-electron chi connectivity index (χ0n) is 28.7. The molecule has 4 rings (SSSR count). The number of ketones is 1. The van der Waals surface area contributed by atoms with E-state index in [9.17, 15) is 20.1 Å². The largest absolute Gasteiger partial charge is 0.504 e. The second-order valence-electron chi connectivity index (χ2n) is 13.1. The molecule has 11 nitrogen and oxygen atoms in total. The number of hydrogen-bond acceptors (Lipinski definition) is 9. The minimum absolute atomic E-state index is 0.00473. The summed E-state index contributed by atoms with van der Waals surface area (Å²) in [5.41, 5.74) is 7.59. The van der Waals surface area contributed by atoms with Gasteiger partial charge in [-0.05, 0) is 106 Å². The Morgan fingerprint density at radius 3 is 2.60 bits per heavy atom. The molecular weight excluding hydrogens is 612 g/mol. The third-order valence-electron chi connectivity index (χ3n) is 9.38. The lowest BCUT2D eigenvalue weighted by Gasteiger charge is -2.32. The van der Waals surface area contributed by atoms with E-state index in [2.05, 4.69) is 15.6 Å². The van der Waals surface area contributed by atoms with Crippen molar-refractivity contribution < 1.29 is 34.3 Å². The molecule has 2 aromatic rings. The van der Waals surface area contributed by atoms with Crippen molar-refractivity contribution in [3.63, 3.8) is 0 Å². The number of anilines is 1. The Bertz CT molecular complexity index is 1410. The second-order valence-corrected chi connectivity index (χ2v) is 13.1. The molecule has 11 heteroatoms. The highest BCUT2D eigenvalue weighted by molar-refractivity contribution is 5.94. The molecule has 3 atom stereocenters. The number of aliphatic hydroxyl groups is 1. The fourth-order valence-corrected chi connectivity index (χ4v) is 6.88. The van der Waals surface area contributed by atoms with Crippen molar-refractivity contribution in [2.24, 2.45) is 16.6 Å². The van der Waals surface area contributed by atoms with Crippen LogP contribution in [-0.2, 0) is 22.4 Å². The lowest BCUT2D eigenvalue weighted by molar-refractivity contribution is -0.152. The highest BCUT2D eigenvalue weighted by Crippen LogP contribution is 2.44. The number of carbonyl (C=O) groups excluding carboxylic acids is 1. The molecule has 7 N–H and O–H groups in total. The average Bonchev–Trinajstić information content (AvgIpc) is 3.46. The monoisotopic (exact) mass is 666 g/mol. The standard InChI is InChI=1S/C37H54N4O7/c1-39-24-37(18-17-27(23-37)22-34(44)47-29-11-5-4-6-12-29)48-33-21-26(19-30(35(33)45)41-36(38)40-2)9-7-8-10-28(42)15-13-25-14-16-31(43)32(20-25)46-3/h8,10,14,16,19-21,27,29,34,39,43-45H,4-7,9,11-13,15,17-18,22-24H2,1-3H3,(H3,38,40,41). The lowest BCUT2D eigenvalue weighted by atomic mass is 9.96. The Labute approximate surface area is 284 Å². The summed E-state index contributed by atoms with van der Waals surface area (Å²) in [6, 6.07) is 8.75. The summed E-state index contributed by atoms with van der Waals surface area (Å²) in [7, 11) is 4.94. The first-order chi connectivity index (χ1) is 23.1. The summed E-state index contributed by atoms with van der Waals surface area (Å²) < 4.78 is 17.8. The van der Waals surface area contributed by atoms with Crippen LogP contribution in [-0.4, -0.2) is 72.8 Å². The zero-order chi connectivity index (χ0) is 34.5. The third-order valence-corrected chi connectivity index (χ3v) is 9.38. The maximum Gasteiger partial charge on any atom is 0.192 e. The van der Waals surface area contributed by atoms with E-state index in [1.807, 2.05) is 25.3 Å². The van der Waals surface area contributed by atoms with Gasteiger partial charge < -0.3 is 45.9 Å². The molecule has 0 radical (unpaired) electrons. The van der Waals surface area contributed by atoms with Crippen LogP contribution in [0.5, 0.6) is 23.0 Å². The highest BCUT2D eigenvalue weighted by Gasteiger charge is 2.42. The fourth-order valence-electron chi connectivity index (χ4n) is 6.88. The second kappa shape index (κ2) is 18.1. The first-order valence-corrected chi connectivity index (χ1v) is 17.2. The Hall–Kier alpha value is -3.80. The Morgan fingerprint density at radius 2 is 1.88 bits per heavy atom. The summed E-state index contributed by atoms with van der Waals surface area (Å²) in [6.45, 7) is 0.579. The van der Waals surface area contributed by atoms with Gasteiger partial charge in [-0.25, -0.2) is 0 Å². The molecule has 264 valence electrons. The van der Waals surface area contributed by atoms with Gasteiger partial charge in [0.2, 0.25) is 0 Å². The van der Waals surface area contributed by atoms with E-state index in [0.29, 0.717) is 62.3 Å². The molecule has 3 unspecified atom stereocenters. The normalized spacial score (nSPS) is 21.0. The van der Waals surface area contributed by atoms with E-state index in [-0.39, 0.29) is 35.3 Å². The quantitative estimate of drug-likeness (QED) is 0.0426. The number of ether oxygens (including phenoxy) is 3. The summed E-state index contributed by atoms with van der Waals surface area (Å²) in [5, 5.41) is 38.0. The van der Waals surface area contributed by atoms with E-state index < -0.39 is 11.9 Å². The van der Waals surface area contributed by atoms with Crippen molar-refractivity contribution in [1.29, 1.82) is 0 Å². The fraction of sp³-hybridized carbons (Fsp3) is 0.568. The number of benzene rings is 2. The summed E-state index contributed by atoms with van der Waals surface area (Å²) in [6.07, 6.45) is 13.4. The van der Waals surface area contributed by atoms with Gasteiger partial charge in [-0.2, -0.15) is 0 Å². The van der Waals surface area contributed by atoms with Crippen molar-refractivity contribution in [3.8, 4) is 23.0 Å². The van der Waals surface area contributed by atoms with Crippen LogP contribution in [0.2, 0.25) is 0 Å². The Kier molecular flexibility index (Phi) is 14.0. The Balaban J connectivity index is 1.40. The molecular formula is C37H54N4O7. The number of allylic oxidation sites excluding steroid dienone is 2. The molecule has 0 heterocycles. The Morgan fingerprint density at radius 1 is 1.10 bits per heavy atom. The van der Waals surface area contributed by atoms with Crippen LogP contribution in [0.1, 0.15) is 81.8 Å². The van der Waals surface area contributed by atoms with Gasteiger partial charge in [-0.3, -0.25) is 9.79 Å². The predicted molar refractivity (Wildman–Crippen MR) is 188 cm³/mol. The number of aromatic hydroxyl groups is 2. The molecule has 0 spiro atoms. The molecule has 2 aliphatic carbocycles. The first kappa shape index (κ1) is 37.0. The van der Waals surface area contributed by atoms with Crippen molar-refractivity contribution in [1.82, 2.24) is 5.32 Å². The van der Waals surface area contributed by atoms with Crippen molar-refractivity contribution in [2.75, 3.05) is 33.1 Å².